The molecular formula is C12H15BrN2O3. The average molecular weight is 315 g/mol. The monoisotopic (exact) mass is 314 g/mol. The zero-order valence-corrected chi connectivity index (χ0v) is 11.5. The first-order valence-electron chi connectivity index (χ1n) is 5.48. The maximum absolute atomic E-state index is 11.5. The minimum absolute atomic E-state index is 0.0916. The largest absolute Gasteiger partial charge is 0.481 e. The first-order valence-corrected chi connectivity index (χ1v) is 6.27. The Labute approximate surface area is 114 Å². The highest BCUT2D eigenvalue weighted by molar-refractivity contribution is 9.10. The third kappa shape index (κ3) is 5.67. The number of nitrogens with one attached hydrogen (secondary N) is 2. The minimum atomic E-state index is -0.935. The summed E-state index contributed by atoms with van der Waals surface area (Å²) in [6.45, 7) is 2.05. The fourth-order valence-electron chi connectivity index (χ4n) is 1.37. The maximum Gasteiger partial charge on any atom is 0.315 e. The number of halogens is 1. The third-order valence-electron chi connectivity index (χ3n) is 2.22. The Morgan fingerprint density at radius 1 is 1.33 bits per heavy atom. The topological polar surface area (TPSA) is 78.4 Å². The number of urea groups is 1. The van der Waals surface area contributed by atoms with Crippen molar-refractivity contribution >= 4 is 27.9 Å². The van der Waals surface area contributed by atoms with Gasteiger partial charge in [-0.1, -0.05) is 28.1 Å². The predicted molar refractivity (Wildman–Crippen MR) is 71.2 cm³/mol. The van der Waals surface area contributed by atoms with Crippen LogP contribution < -0.4 is 10.6 Å². The number of amides is 2. The van der Waals surface area contributed by atoms with Crippen molar-refractivity contribution in [3.63, 3.8) is 0 Å². The maximum atomic E-state index is 11.5. The average Bonchev–Trinajstić information content (AvgIpc) is 2.27. The minimum Gasteiger partial charge on any atom is -0.481 e. The normalized spacial score (nSPS) is 11.7. The number of carboxylic acids is 1. The Morgan fingerprint density at radius 2 is 1.94 bits per heavy atom. The summed E-state index contributed by atoms with van der Waals surface area (Å²) in [7, 11) is 0. The lowest BCUT2D eigenvalue weighted by molar-refractivity contribution is -0.137. The Kier molecular flexibility index (Phi) is 5.64. The first-order chi connectivity index (χ1) is 8.47. The van der Waals surface area contributed by atoms with Gasteiger partial charge in [0.15, 0.2) is 0 Å². The Bertz CT molecular complexity index is 420. The fourth-order valence-corrected chi connectivity index (χ4v) is 1.64. The predicted octanol–water partition coefficient (Wildman–Crippen LogP) is 2.11. The number of hydrogen-bond donors (Lipinski definition) is 3. The van der Waals surface area contributed by atoms with Gasteiger partial charge < -0.3 is 15.7 Å². The van der Waals surface area contributed by atoms with Crippen LogP contribution in [0.25, 0.3) is 0 Å². The van der Waals surface area contributed by atoms with E-state index in [0.717, 1.165) is 10.0 Å². The van der Waals surface area contributed by atoms with Crippen LogP contribution in [0.5, 0.6) is 0 Å². The van der Waals surface area contributed by atoms with Gasteiger partial charge in [-0.15, -0.1) is 0 Å². The molecule has 0 fully saturated rings. The van der Waals surface area contributed by atoms with Crippen LogP contribution >= 0.6 is 15.9 Å². The molecule has 0 aliphatic heterocycles. The van der Waals surface area contributed by atoms with Gasteiger partial charge in [-0.25, -0.2) is 4.79 Å². The van der Waals surface area contributed by atoms with Crippen molar-refractivity contribution in [2.24, 2.45) is 0 Å². The summed E-state index contributed by atoms with van der Waals surface area (Å²) in [5.41, 5.74) is 0.972. The molecule has 0 heterocycles. The van der Waals surface area contributed by atoms with Crippen LogP contribution in [0, 0.1) is 0 Å². The van der Waals surface area contributed by atoms with Crippen LogP contribution in [0.3, 0.4) is 0 Å². The molecule has 0 aromatic heterocycles. The van der Waals surface area contributed by atoms with Crippen molar-refractivity contribution in [2.45, 2.75) is 25.9 Å². The molecule has 1 atom stereocenters. The Balaban J connectivity index is 2.32. The fraction of sp³-hybridized carbons (Fsp3) is 0.333. The van der Waals surface area contributed by atoms with Crippen LogP contribution in [0.2, 0.25) is 0 Å². The molecule has 98 valence electrons. The second-order valence-electron chi connectivity index (χ2n) is 3.95. The highest BCUT2D eigenvalue weighted by atomic mass is 79.9. The molecule has 0 saturated heterocycles. The van der Waals surface area contributed by atoms with E-state index in [-0.39, 0.29) is 12.5 Å². The van der Waals surface area contributed by atoms with Gasteiger partial charge in [0.05, 0.1) is 6.42 Å². The van der Waals surface area contributed by atoms with Crippen molar-refractivity contribution in [3.8, 4) is 0 Å². The Morgan fingerprint density at radius 3 is 2.50 bits per heavy atom. The summed E-state index contributed by atoms with van der Waals surface area (Å²) < 4.78 is 0.978. The summed E-state index contributed by atoms with van der Waals surface area (Å²) in [6, 6.07) is 6.80. The van der Waals surface area contributed by atoms with Crippen LogP contribution in [-0.4, -0.2) is 23.1 Å². The van der Waals surface area contributed by atoms with Gasteiger partial charge in [-0.2, -0.15) is 0 Å². The van der Waals surface area contributed by atoms with Crippen LogP contribution in [0.4, 0.5) is 4.79 Å². The lowest BCUT2D eigenvalue weighted by Gasteiger charge is -2.12. The quantitative estimate of drug-likeness (QED) is 0.779. The Hall–Kier alpha value is -1.56. The van der Waals surface area contributed by atoms with Crippen LogP contribution in [0.15, 0.2) is 28.7 Å². The second-order valence-corrected chi connectivity index (χ2v) is 4.87. The van der Waals surface area contributed by atoms with Gasteiger partial charge in [-0.05, 0) is 24.6 Å². The van der Waals surface area contributed by atoms with Gasteiger partial charge >= 0.3 is 12.0 Å². The second kappa shape index (κ2) is 7.00. The van der Waals surface area contributed by atoms with Gasteiger partial charge in [-0.3, -0.25) is 4.79 Å². The highest BCUT2D eigenvalue weighted by Gasteiger charge is 2.10. The van der Waals surface area contributed by atoms with Gasteiger partial charge in [0.2, 0.25) is 0 Å². The zero-order valence-electron chi connectivity index (χ0n) is 9.94. The molecule has 5 nitrogen and oxygen atoms in total. The molecule has 0 aliphatic rings. The van der Waals surface area contributed by atoms with E-state index in [1.165, 1.54) is 0 Å². The van der Waals surface area contributed by atoms with E-state index in [9.17, 15) is 9.59 Å². The molecule has 0 radical (unpaired) electrons. The number of hydrogen-bond acceptors (Lipinski definition) is 2. The molecule has 2 amide bonds. The molecule has 0 saturated carbocycles. The number of carbonyl (C=O) groups excluding carboxylic acids is 1. The molecule has 0 spiro atoms. The number of aliphatic carboxylic acids is 1. The van der Waals surface area contributed by atoms with E-state index in [0.29, 0.717) is 6.54 Å². The SMILES string of the molecule is CC(CC(=O)O)NC(=O)NCc1ccc(Br)cc1. The molecule has 1 unspecified atom stereocenters. The number of carbonyl (C=O) groups is 2. The zero-order chi connectivity index (χ0) is 13.5. The number of carboxylic acid groups (broad SMARTS) is 1. The van der Waals surface area contributed by atoms with Crippen molar-refractivity contribution < 1.29 is 14.7 Å². The smallest absolute Gasteiger partial charge is 0.315 e. The van der Waals surface area contributed by atoms with E-state index < -0.39 is 12.0 Å². The van der Waals surface area contributed by atoms with Gasteiger partial charge in [0, 0.05) is 17.1 Å². The van der Waals surface area contributed by atoms with E-state index in [1.54, 1.807) is 6.92 Å². The van der Waals surface area contributed by atoms with E-state index in [2.05, 4.69) is 26.6 Å². The van der Waals surface area contributed by atoms with E-state index in [1.807, 2.05) is 24.3 Å². The summed E-state index contributed by atoms with van der Waals surface area (Å²) in [5, 5.41) is 13.8. The van der Waals surface area contributed by atoms with Gasteiger partial charge in [0.1, 0.15) is 0 Å². The molecule has 3 N–H and O–H groups in total. The lowest BCUT2D eigenvalue weighted by atomic mass is 10.2. The van der Waals surface area contributed by atoms with Crippen molar-refractivity contribution in [1.82, 2.24) is 10.6 Å². The van der Waals surface area contributed by atoms with Crippen LogP contribution in [0.1, 0.15) is 18.9 Å². The number of benzene rings is 1. The molecule has 1 aromatic carbocycles. The molecule has 18 heavy (non-hydrogen) atoms. The summed E-state index contributed by atoms with van der Waals surface area (Å²) >= 11 is 3.33. The van der Waals surface area contributed by atoms with E-state index in [4.69, 9.17) is 5.11 Å². The van der Waals surface area contributed by atoms with Gasteiger partial charge in [0.25, 0.3) is 0 Å². The molecule has 0 aliphatic carbocycles. The van der Waals surface area contributed by atoms with Crippen molar-refractivity contribution in [3.05, 3.63) is 34.3 Å². The van der Waals surface area contributed by atoms with Crippen LogP contribution in [-0.2, 0) is 11.3 Å². The standard InChI is InChI=1S/C12H15BrN2O3/c1-8(6-11(16)17)15-12(18)14-7-9-2-4-10(13)5-3-9/h2-5,8H,6-7H2,1H3,(H,16,17)(H2,14,15,18). The van der Waals surface area contributed by atoms with Crippen molar-refractivity contribution in [2.75, 3.05) is 0 Å². The van der Waals surface area contributed by atoms with Crippen molar-refractivity contribution in [1.29, 1.82) is 0 Å². The first kappa shape index (κ1) is 14.5. The third-order valence-corrected chi connectivity index (χ3v) is 2.75. The molecular weight excluding hydrogens is 300 g/mol. The highest BCUT2D eigenvalue weighted by Crippen LogP contribution is 2.10. The molecule has 6 heteroatoms. The van der Waals surface area contributed by atoms with E-state index >= 15 is 0 Å². The molecule has 0 bridgehead atoms. The summed E-state index contributed by atoms with van der Waals surface area (Å²) in [4.78, 5) is 21.9. The number of rotatable bonds is 5. The molecule has 1 aromatic rings. The molecule has 1 rings (SSSR count). The summed E-state index contributed by atoms with van der Waals surface area (Å²) in [5.74, 6) is -0.935. The lowest BCUT2D eigenvalue weighted by Crippen LogP contribution is -2.41. The summed E-state index contributed by atoms with van der Waals surface area (Å²) in [6.07, 6.45) is -0.0916.